The van der Waals surface area contributed by atoms with Crippen molar-refractivity contribution in [1.29, 1.82) is 0 Å². The number of urea groups is 1. The number of ether oxygens (including phenoxy) is 1. The van der Waals surface area contributed by atoms with Crippen LogP contribution in [0.4, 0.5) is 19.3 Å². The van der Waals surface area contributed by atoms with Crippen LogP contribution in [0.5, 0.6) is 5.75 Å². The van der Waals surface area contributed by atoms with Gasteiger partial charge in [-0.25, -0.2) is 4.79 Å². The van der Waals surface area contributed by atoms with Gasteiger partial charge in [-0.2, -0.15) is 8.78 Å². The number of halogens is 4. The lowest BCUT2D eigenvalue weighted by Gasteiger charge is -2.10. The second kappa shape index (κ2) is 9.94. The number of anilines is 1. The van der Waals surface area contributed by atoms with E-state index in [0.29, 0.717) is 10.6 Å². The highest BCUT2D eigenvalue weighted by atomic mass is 35.5. The quantitative estimate of drug-likeness (QED) is 0.592. The summed E-state index contributed by atoms with van der Waals surface area (Å²) in [5.74, 6) is -0.440. The number of benzene rings is 2. The molecule has 3 N–H and O–H groups in total. The second-order valence-corrected chi connectivity index (χ2v) is 5.99. The summed E-state index contributed by atoms with van der Waals surface area (Å²) in [5.41, 5.74) is 0.621. The Kier molecular flexibility index (Phi) is 7.63. The first kappa shape index (κ1) is 20.7. The Morgan fingerprint density at radius 1 is 1.00 bits per heavy atom. The number of hydrogen-bond acceptors (Lipinski definition) is 3. The zero-order valence-corrected chi connectivity index (χ0v) is 15.3. The molecule has 0 unspecified atom stereocenters. The molecule has 2 rings (SSSR count). The van der Waals surface area contributed by atoms with Gasteiger partial charge in [0.1, 0.15) is 5.75 Å². The first-order chi connectivity index (χ1) is 12.8. The number of amides is 3. The highest BCUT2D eigenvalue weighted by Crippen LogP contribution is 2.22. The minimum absolute atomic E-state index is 0.0725. The van der Waals surface area contributed by atoms with Crippen molar-refractivity contribution in [2.75, 3.05) is 18.4 Å². The Morgan fingerprint density at radius 2 is 1.74 bits per heavy atom. The lowest BCUT2D eigenvalue weighted by atomic mass is 10.2. The molecule has 144 valence electrons. The number of rotatable bonds is 7. The zero-order chi connectivity index (χ0) is 19.8. The van der Waals surface area contributed by atoms with Gasteiger partial charge in [-0.15, -0.1) is 0 Å². The molecule has 6 nitrogen and oxygen atoms in total. The molecule has 0 aliphatic carbocycles. The summed E-state index contributed by atoms with van der Waals surface area (Å²) in [7, 11) is 0. The van der Waals surface area contributed by atoms with Crippen LogP contribution in [0.2, 0.25) is 10.0 Å². The normalized spacial score (nSPS) is 10.4. The summed E-state index contributed by atoms with van der Waals surface area (Å²) in [6.07, 6.45) is 0. The van der Waals surface area contributed by atoms with Crippen molar-refractivity contribution in [3.05, 3.63) is 58.1 Å². The van der Waals surface area contributed by atoms with Gasteiger partial charge in [0.2, 0.25) is 0 Å². The van der Waals surface area contributed by atoms with Gasteiger partial charge in [-0.05, 0) is 30.3 Å². The summed E-state index contributed by atoms with van der Waals surface area (Å²) in [6.45, 7) is -2.64. The zero-order valence-electron chi connectivity index (χ0n) is 13.8. The predicted molar refractivity (Wildman–Crippen MR) is 98.9 cm³/mol. The average molecular weight is 418 g/mol. The van der Waals surface area contributed by atoms with E-state index in [4.69, 9.17) is 23.2 Å². The number of nitrogens with one attached hydrogen (secondary N) is 3. The van der Waals surface area contributed by atoms with E-state index in [1.807, 2.05) is 0 Å². The van der Waals surface area contributed by atoms with E-state index in [9.17, 15) is 18.4 Å². The topological polar surface area (TPSA) is 79.5 Å². The van der Waals surface area contributed by atoms with Crippen LogP contribution in [0.25, 0.3) is 0 Å². The molecule has 0 heterocycles. The van der Waals surface area contributed by atoms with Crippen molar-refractivity contribution in [3.8, 4) is 5.75 Å². The van der Waals surface area contributed by atoms with Crippen LogP contribution in [0.1, 0.15) is 10.4 Å². The summed E-state index contributed by atoms with van der Waals surface area (Å²) >= 11 is 11.6. The second-order valence-electron chi connectivity index (χ2n) is 5.17. The van der Waals surface area contributed by atoms with Crippen molar-refractivity contribution >= 4 is 40.8 Å². The summed E-state index contributed by atoms with van der Waals surface area (Å²) in [5, 5.41) is 8.20. The maximum atomic E-state index is 12.2. The van der Waals surface area contributed by atoms with Crippen molar-refractivity contribution in [1.82, 2.24) is 10.6 Å². The van der Waals surface area contributed by atoms with Crippen LogP contribution in [0.3, 0.4) is 0 Å². The summed E-state index contributed by atoms with van der Waals surface area (Å²) < 4.78 is 28.6. The smallest absolute Gasteiger partial charge is 0.387 e. The third kappa shape index (κ3) is 6.92. The Bertz CT molecular complexity index is 822. The Balaban J connectivity index is 1.74. The number of hydrogen-bond donors (Lipinski definition) is 3. The minimum Gasteiger partial charge on any atom is -0.435 e. The molecule has 0 fully saturated rings. The van der Waals surface area contributed by atoms with Crippen LogP contribution >= 0.6 is 23.2 Å². The van der Waals surface area contributed by atoms with E-state index in [-0.39, 0.29) is 35.5 Å². The maximum absolute atomic E-state index is 12.2. The fraction of sp³-hybridized carbons (Fsp3) is 0.176. The molecule has 0 saturated heterocycles. The number of carbonyl (C=O) groups excluding carboxylic acids is 2. The van der Waals surface area contributed by atoms with Gasteiger partial charge in [0.05, 0.1) is 10.0 Å². The standard InChI is InChI=1S/C17H15Cl2F2N3O3/c18-13-5-4-10(8-14(13)19)15(25)22-6-7-23-17(26)24-11-2-1-3-12(9-11)27-16(20)21/h1-5,8-9,16H,6-7H2,(H,22,25)(H2,23,24,26). The Hall–Kier alpha value is -2.58. The monoisotopic (exact) mass is 417 g/mol. The number of alkyl halides is 2. The van der Waals surface area contributed by atoms with E-state index < -0.39 is 12.6 Å². The van der Waals surface area contributed by atoms with E-state index in [2.05, 4.69) is 20.7 Å². The van der Waals surface area contributed by atoms with E-state index >= 15 is 0 Å². The van der Waals surface area contributed by atoms with Gasteiger partial charge in [0, 0.05) is 30.4 Å². The van der Waals surface area contributed by atoms with E-state index in [1.165, 1.54) is 42.5 Å². The molecule has 10 heteroatoms. The molecule has 0 aromatic heterocycles. The fourth-order valence-electron chi connectivity index (χ4n) is 2.02. The molecule has 0 saturated carbocycles. The molecule has 3 amide bonds. The summed E-state index contributed by atoms with van der Waals surface area (Å²) in [4.78, 5) is 23.7. The maximum Gasteiger partial charge on any atom is 0.387 e. The van der Waals surface area contributed by atoms with Gasteiger partial charge in [-0.1, -0.05) is 29.3 Å². The van der Waals surface area contributed by atoms with Crippen LogP contribution in [0, 0.1) is 0 Å². The SMILES string of the molecule is O=C(NCCNC(=O)c1ccc(Cl)c(Cl)c1)Nc1cccc(OC(F)F)c1. The minimum atomic E-state index is -2.95. The third-order valence-electron chi connectivity index (χ3n) is 3.19. The van der Waals surface area contributed by atoms with Crippen molar-refractivity contribution in [3.63, 3.8) is 0 Å². The highest BCUT2D eigenvalue weighted by Gasteiger charge is 2.09. The largest absolute Gasteiger partial charge is 0.435 e. The van der Waals surface area contributed by atoms with Crippen LogP contribution < -0.4 is 20.7 Å². The molecule has 0 aliphatic heterocycles. The number of carbonyl (C=O) groups is 2. The molecule has 0 aliphatic rings. The average Bonchev–Trinajstić information content (AvgIpc) is 2.60. The molecule has 0 radical (unpaired) electrons. The van der Waals surface area contributed by atoms with Crippen LogP contribution in [0.15, 0.2) is 42.5 Å². The molecule has 0 spiro atoms. The van der Waals surface area contributed by atoms with Crippen molar-refractivity contribution in [2.24, 2.45) is 0 Å². The van der Waals surface area contributed by atoms with Gasteiger partial charge < -0.3 is 20.7 Å². The van der Waals surface area contributed by atoms with Gasteiger partial charge in [0.25, 0.3) is 5.91 Å². The third-order valence-corrected chi connectivity index (χ3v) is 3.93. The lowest BCUT2D eigenvalue weighted by Crippen LogP contribution is -2.36. The summed E-state index contributed by atoms with van der Waals surface area (Å²) in [6, 6.07) is 9.50. The highest BCUT2D eigenvalue weighted by molar-refractivity contribution is 6.42. The first-order valence-electron chi connectivity index (χ1n) is 7.68. The molecule has 0 atom stereocenters. The van der Waals surface area contributed by atoms with Crippen molar-refractivity contribution < 1.29 is 23.1 Å². The van der Waals surface area contributed by atoms with E-state index in [0.717, 1.165) is 0 Å². The molecule has 27 heavy (non-hydrogen) atoms. The van der Waals surface area contributed by atoms with Crippen molar-refractivity contribution in [2.45, 2.75) is 6.61 Å². The fourth-order valence-corrected chi connectivity index (χ4v) is 2.31. The molecule has 0 bridgehead atoms. The molecular weight excluding hydrogens is 403 g/mol. The van der Waals surface area contributed by atoms with E-state index in [1.54, 1.807) is 0 Å². The molecular formula is C17H15Cl2F2N3O3. The van der Waals surface area contributed by atoms with Crippen LogP contribution in [-0.2, 0) is 0 Å². The van der Waals surface area contributed by atoms with Gasteiger partial charge >= 0.3 is 12.6 Å². The molecule has 2 aromatic carbocycles. The molecule has 2 aromatic rings. The predicted octanol–water partition coefficient (Wildman–Crippen LogP) is 4.15. The Morgan fingerprint density at radius 3 is 2.44 bits per heavy atom. The van der Waals surface area contributed by atoms with Gasteiger partial charge in [0.15, 0.2) is 0 Å². The van der Waals surface area contributed by atoms with Crippen LogP contribution in [-0.4, -0.2) is 31.6 Å². The van der Waals surface area contributed by atoms with Gasteiger partial charge in [-0.3, -0.25) is 4.79 Å². The lowest BCUT2D eigenvalue weighted by molar-refractivity contribution is -0.0498. The Labute approximate surface area is 163 Å². The first-order valence-corrected chi connectivity index (χ1v) is 8.43.